The van der Waals surface area contributed by atoms with Crippen molar-refractivity contribution in [3.8, 4) is 5.75 Å². The minimum absolute atomic E-state index is 0.430. The summed E-state index contributed by atoms with van der Waals surface area (Å²) >= 11 is 0. The first-order valence-electron chi connectivity index (χ1n) is 7.38. The molecule has 1 heterocycles. The van der Waals surface area contributed by atoms with Gasteiger partial charge in [-0.3, -0.25) is 4.98 Å². The standard InChI is InChI=1S/C17H23N3O/c1-5-18-17-10-19-14(9-20-17)11-21-15-6-7-16(12(2)3)13(4)8-15/h6-10,12H,5,11H2,1-4H3,(H,18,20). The maximum absolute atomic E-state index is 5.78. The van der Waals surface area contributed by atoms with E-state index in [-0.39, 0.29) is 0 Å². The first-order chi connectivity index (χ1) is 10.1. The van der Waals surface area contributed by atoms with Crippen molar-refractivity contribution in [3.63, 3.8) is 0 Å². The van der Waals surface area contributed by atoms with E-state index < -0.39 is 0 Å². The third-order valence-electron chi connectivity index (χ3n) is 3.31. The van der Waals surface area contributed by atoms with Crippen molar-refractivity contribution in [2.45, 2.75) is 40.2 Å². The predicted octanol–water partition coefficient (Wildman–Crippen LogP) is 3.92. The summed E-state index contributed by atoms with van der Waals surface area (Å²) in [6.07, 6.45) is 3.47. The van der Waals surface area contributed by atoms with Crippen LogP contribution >= 0.6 is 0 Å². The molecule has 0 amide bonds. The van der Waals surface area contributed by atoms with Gasteiger partial charge in [0.15, 0.2) is 0 Å². The molecule has 2 aromatic rings. The fourth-order valence-corrected chi connectivity index (χ4v) is 2.24. The molecule has 4 nitrogen and oxygen atoms in total. The van der Waals surface area contributed by atoms with Crippen LogP contribution in [0.5, 0.6) is 5.75 Å². The van der Waals surface area contributed by atoms with Gasteiger partial charge in [-0.2, -0.15) is 0 Å². The van der Waals surface area contributed by atoms with E-state index in [4.69, 9.17) is 4.74 Å². The second-order valence-electron chi connectivity index (χ2n) is 5.39. The molecule has 112 valence electrons. The van der Waals surface area contributed by atoms with Gasteiger partial charge in [0, 0.05) is 6.54 Å². The van der Waals surface area contributed by atoms with Crippen LogP contribution in [-0.2, 0) is 6.61 Å². The van der Waals surface area contributed by atoms with Gasteiger partial charge in [-0.15, -0.1) is 0 Å². The van der Waals surface area contributed by atoms with Gasteiger partial charge in [0.25, 0.3) is 0 Å². The molecule has 0 spiro atoms. The van der Waals surface area contributed by atoms with Gasteiger partial charge in [-0.25, -0.2) is 4.98 Å². The summed E-state index contributed by atoms with van der Waals surface area (Å²) in [4.78, 5) is 8.61. The van der Waals surface area contributed by atoms with Crippen LogP contribution in [0.4, 0.5) is 5.82 Å². The van der Waals surface area contributed by atoms with Crippen LogP contribution in [0.3, 0.4) is 0 Å². The average Bonchev–Trinajstić information content (AvgIpc) is 2.46. The van der Waals surface area contributed by atoms with Crippen molar-refractivity contribution in [2.75, 3.05) is 11.9 Å². The summed E-state index contributed by atoms with van der Waals surface area (Å²) in [7, 11) is 0. The van der Waals surface area contributed by atoms with E-state index >= 15 is 0 Å². The summed E-state index contributed by atoms with van der Waals surface area (Å²) in [6.45, 7) is 9.82. The monoisotopic (exact) mass is 285 g/mol. The Morgan fingerprint density at radius 3 is 2.57 bits per heavy atom. The van der Waals surface area contributed by atoms with Crippen LogP contribution in [0.15, 0.2) is 30.6 Å². The Morgan fingerprint density at radius 1 is 1.19 bits per heavy atom. The normalized spacial score (nSPS) is 10.7. The Kier molecular flexibility index (Phi) is 5.14. The molecule has 0 aliphatic rings. The summed E-state index contributed by atoms with van der Waals surface area (Å²) in [6, 6.07) is 6.23. The molecule has 2 rings (SSSR count). The van der Waals surface area contributed by atoms with Gasteiger partial charge in [-0.1, -0.05) is 19.9 Å². The molecule has 21 heavy (non-hydrogen) atoms. The molecule has 1 N–H and O–H groups in total. The summed E-state index contributed by atoms with van der Waals surface area (Å²) < 4.78 is 5.78. The van der Waals surface area contributed by atoms with Gasteiger partial charge in [0.1, 0.15) is 18.2 Å². The van der Waals surface area contributed by atoms with Crippen molar-refractivity contribution in [2.24, 2.45) is 0 Å². The number of hydrogen-bond donors (Lipinski definition) is 1. The molecule has 0 aliphatic heterocycles. The summed E-state index contributed by atoms with van der Waals surface area (Å²) in [5.74, 6) is 2.19. The Balaban J connectivity index is 1.98. The maximum atomic E-state index is 5.78. The number of nitrogens with zero attached hydrogens (tertiary/aromatic N) is 2. The largest absolute Gasteiger partial charge is 0.487 e. The van der Waals surface area contributed by atoms with Gasteiger partial charge < -0.3 is 10.1 Å². The first kappa shape index (κ1) is 15.3. The molecule has 0 aliphatic carbocycles. The molecule has 1 aromatic carbocycles. The van der Waals surface area contributed by atoms with Gasteiger partial charge in [0.05, 0.1) is 18.1 Å². The van der Waals surface area contributed by atoms with Crippen molar-refractivity contribution in [3.05, 3.63) is 47.4 Å². The summed E-state index contributed by atoms with van der Waals surface area (Å²) in [5.41, 5.74) is 3.44. The number of rotatable bonds is 6. The lowest BCUT2D eigenvalue weighted by molar-refractivity contribution is 0.300. The lowest BCUT2D eigenvalue weighted by atomic mass is 9.98. The van der Waals surface area contributed by atoms with Crippen molar-refractivity contribution < 1.29 is 4.74 Å². The predicted molar refractivity (Wildman–Crippen MR) is 85.8 cm³/mol. The number of hydrogen-bond acceptors (Lipinski definition) is 4. The highest BCUT2D eigenvalue weighted by atomic mass is 16.5. The van der Waals surface area contributed by atoms with Crippen LogP contribution in [0.1, 0.15) is 43.5 Å². The van der Waals surface area contributed by atoms with E-state index in [9.17, 15) is 0 Å². The van der Waals surface area contributed by atoms with E-state index in [1.807, 2.05) is 13.0 Å². The zero-order valence-corrected chi connectivity index (χ0v) is 13.2. The number of aromatic nitrogens is 2. The number of nitrogens with one attached hydrogen (secondary N) is 1. The lowest BCUT2D eigenvalue weighted by Crippen LogP contribution is -2.03. The van der Waals surface area contributed by atoms with Crippen molar-refractivity contribution in [1.82, 2.24) is 9.97 Å². The van der Waals surface area contributed by atoms with Crippen LogP contribution in [0.25, 0.3) is 0 Å². The quantitative estimate of drug-likeness (QED) is 0.874. The molecule has 0 unspecified atom stereocenters. The van der Waals surface area contributed by atoms with Crippen LogP contribution in [0.2, 0.25) is 0 Å². The van der Waals surface area contributed by atoms with E-state index in [1.165, 1.54) is 11.1 Å². The minimum atomic E-state index is 0.430. The van der Waals surface area contributed by atoms with Crippen LogP contribution in [0, 0.1) is 6.92 Å². The van der Waals surface area contributed by atoms with E-state index in [0.717, 1.165) is 23.8 Å². The number of aryl methyl sites for hydroxylation is 1. The highest BCUT2D eigenvalue weighted by Crippen LogP contribution is 2.23. The number of anilines is 1. The molecular weight excluding hydrogens is 262 g/mol. The van der Waals surface area contributed by atoms with E-state index in [1.54, 1.807) is 12.4 Å². The highest BCUT2D eigenvalue weighted by Gasteiger charge is 2.05. The van der Waals surface area contributed by atoms with Crippen molar-refractivity contribution >= 4 is 5.82 Å². The number of ether oxygens (including phenoxy) is 1. The summed E-state index contributed by atoms with van der Waals surface area (Å²) in [5, 5.41) is 3.12. The fraction of sp³-hybridized carbons (Fsp3) is 0.412. The SMILES string of the molecule is CCNc1cnc(COc2ccc(C(C)C)c(C)c2)cn1. The Labute approximate surface area is 126 Å². The average molecular weight is 285 g/mol. The Bertz CT molecular complexity index is 579. The van der Waals surface area contributed by atoms with Gasteiger partial charge in [-0.05, 0) is 43.0 Å². The molecule has 4 heteroatoms. The first-order valence-corrected chi connectivity index (χ1v) is 7.38. The molecule has 0 atom stereocenters. The third-order valence-corrected chi connectivity index (χ3v) is 3.31. The molecule has 0 radical (unpaired) electrons. The van der Waals surface area contributed by atoms with Gasteiger partial charge >= 0.3 is 0 Å². The van der Waals surface area contributed by atoms with Crippen molar-refractivity contribution in [1.29, 1.82) is 0 Å². The minimum Gasteiger partial charge on any atom is -0.487 e. The molecule has 0 fully saturated rings. The molecule has 1 aromatic heterocycles. The maximum Gasteiger partial charge on any atom is 0.144 e. The van der Waals surface area contributed by atoms with Crippen LogP contribution < -0.4 is 10.1 Å². The third kappa shape index (κ3) is 4.18. The Hall–Kier alpha value is -2.10. The topological polar surface area (TPSA) is 47.0 Å². The molecular formula is C17H23N3O. The smallest absolute Gasteiger partial charge is 0.144 e. The van der Waals surface area contributed by atoms with Gasteiger partial charge in [0.2, 0.25) is 0 Å². The van der Waals surface area contributed by atoms with E-state index in [2.05, 4.69) is 48.2 Å². The zero-order chi connectivity index (χ0) is 15.2. The number of benzene rings is 1. The zero-order valence-electron chi connectivity index (χ0n) is 13.2. The molecule has 0 saturated carbocycles. The fourth-order valence-electron chi connectivity index (χ4n) is 2.24. The second kappa shape index (κ2) is 7.07. The Morgan fingerprint density at radius 2 is 2.00 bits per heavy atom. The van der Waals surface area contributed by atoms with Crippen LogP contribution in [-0.4, -0.2) is 16.5 Å². The molecule has 0 bridgehead atoms. The lowest BCUT2D eigenvalue weighted by Gasteiger charge is -2.12. The second-order valence-corrected chi connectivity index (χ2v) is 5.39. The highest BCUT2D eigenvalue weighted by molar-refractivity contribution is 5.36. The van der Waals surface area contributed by atoms with E-state index in [0.29, 0.717) is 12.5 Å². The molecule has 0 saturated heterocycles.